The third-order valence-electron chi connectivity index (χ3n) is 2.62. The van der Waals surface area contributed by atoms with Crippen LogP contribution >= 0.6 is 15.9 Å². The average Bonchev–Trinajstić information content (AvgIpc) is 2.47. The summed E-state index contributed by atoms with van der Waals surface area (Å²) < 4.78 is 6.04. The van der Waals surface area contributed by atoms with Gasteiger partial charge in [0.2, 0.25) is 0 Å². The molecule has 0 amide bonds. The summed E-state index contributed by atoms with van der Waals surface area (Å²) in [5, 5.41) is 0. The van der Waals surface area contributed by atoms with Gasteiger partial charge in [-0.05, 0) is 40.5 Å². The fraction of sp³-hybridized carbons (Fsp3) is 0.0625. The van der Waals surface area contributed by atoms with E-state index in [2.05, 4.69) is 15.9 Å². The fourth-order valence-corrected chi connectivity index (χ4v) is 1.99. The van der Waals surface area contributed by atoms with Crippen LogP contribution in [0.5, 0.6) is 5.75 Å². The molecule has 2 nitrogen and oxygen atoms in total. The predicted octanol–water partition coefficient (Wildman–Crippen LogP) is 4.42. The van der Waals surface area contributed by atoms with Gasteiger partial charge in [0.15, 0.2) is 0 Å². The molecule has 0 atom stereocenters. The standard InChI is InChI=1S/C16H13BrO2/c1-12(15(17)13-8-4-2-5-9-13)16(18)19-14-10-6-3-7-11-14/h2-11H,1H3. The van der Waals surface area contributed by atoms with Gasteiger partial charge in [-0.3, -0.25) is 0 Å². The van der Waals surface area contributed by atoms with E-state index < -0.39 is 0 Å². The van der Waals surface area contributed by atoms with E-state index in [4.69, 9.17) is 4.74 Å². The summed E-state index contributed by atoms with van der Waals surface area (Å²) in [6.07, 6.45) is 0. The SMILES string of the molecule is CC(C(=O)Oc1ccccc1)=C(Br)c1ccccc1. The van der Waals surface area contributed by atoms with Gasteiger partial charge in [0.1, 0.15) is 5.75 Å². The number of benzene rings is 2. The highest BCUT2D eigenvalue weighted by molar-refractivity contribution is 9.15. The van der Waals surface area contributed by atoms with E-state index in [-0.39, 0.29) is 5.97 Å². The summed E-state index contributed by atoms with van der Waals surface area (Å²) in [5.74, 6) is 0.183. The molecule has 0 N–H and O–H groups in total. The second-order valence-electron chi connectivity index (χ2n) is 4.01. The molecule has 0 saturated heterocycles. The normalized spacial score (nSPS) is 11.7. The van der Waals surface area contributed by atoms with Crippen LogP contribution in [0.4, 0.5) is 0 Å². The van der Waals surface area contributed by atoms with Crippen molar-refractivity contribution in [1.82, 2.24) is 0 Å². The molecule has 0 fully saturated rings. The Morgan fingerprint density at radius 2 is 1.47 bits per heavy atom. The molecule has 3 heteroatoms. The maximum Gasteiger partial charge on any atom is 0.340 e. The number of carbonyl (C=O) groups is 1. The lowest BCUT2D eigenvalue weighted by atomic mass is 10.1. The molecule has 2 aromatic carbocycles. The van der Waals surface area contributed by atoms with Gasteiger partial charge in [-0.15, -0.1) is 0 Å². The van der Waals surface area contributed by atoms with Crippen molar-refractivity contribution in [3.05, 3.63) is 71.8 Å². The van der Waals surface area contributed by atoms with Crippen LogP contribution in [0.3, 0.4) is 0 Å². The van der Waals surface area contributed by atoms with Crippen molar-refractivity contribution in [3.8, 4) is 5.75 Å². The number of rotatable bonds is 3. The number of carbonyl (C=O) groups excluding carboxylic acids is 1. The lowest BCUT2D eigenvalue weighted by Gasteiger charge is -2.07. The monoisotopic (exact) mass is 316 g/mol. The third kappa shape index (κ3) is 3.55. The van der Waals surface area contributed by atoms with Gasteiger partial charge in [-0.25, -0.2) is 4.79 Å². The summed E-state index contributed by atoms with van der Waals surface area (Å²) in [6, 6.07) is 18.7. The van der Waals surface area contributed by atoms with Crippen LogP contribution < -0.4 is 4.74 Å². The van der Waals surface area contributed by atoms with E-state index in [9.17, 15) is 4.79 Å². The van der Waals surface area contributed by atoms with Crippen molar-refractivity contribution in [3.63, 3.8) is 0 Å². The fourth-order valence-electron chi connectivity index (χ4n) is 1.56. The Balaban J connectivity index is 2.19. The molecule has 0 aliphatic carbocycles. The first-order valence-electron chi connectivity index (χ1n) is 5.87. The maximum atomic E-state index is 12.0. The van der Waals surface area contributed by atoms with Crippen LogP contribution in [0.15, 0.2) is 66.2 Å². The van der Waals surface area contributed by atoms with Crippen LogP contribution in [-0.4, -0.2) is 5.97 Å². The molecule has 2 aromatic rings. The summed E-state index contributed by atoms with van der Waals surface area (Å²) in [4.78, 5) is 12.0. The Morgan fingerprint density at radius 3 is 2.05 bits per heavy atom. The molecule has 0 aliphatic heterocycles. The van der Waals surface area contributed by atoms with E-state index >= 15 is 0 Å². The summed E-state index contributed by atoms with van der Waals surface area (Å²) in [5.41, 5.74) is 1.49. The Kier molecular flexibility index (Phi) is 4.53. The van der Waals surface area contributed by atoms with Gasteiger partial charge >= 0.3 is 5.97 Å². The third-order valence-corrected chi connectivity index (χ3v) is 3.67. The van der Waals surface area contributed by atoms with Crippen molar-refractivity contribution < 1.29 is 9.53 Å². The number of hydrogen-bond acceptors (Lipinski definition) is 2. The molecular weight excluding hydrogens is 304 g/mol. The number of para-hydroxylation sites is 1. The Morgan fingerprint density at radius 1 is 0.947 bits per heavy atom. The van der Waals surface area contributed by atoms with E-state index in [1.807, 2.05) is 48.5 Å². The van der Waals surface area contributed by atoms with E-state index in [1.54, 1.807) is 19.1 Å². The van der Waals surface area contributed by atoms with E-state index in [0.29, 0.717) is 11.3 Å². The molecular formula is C16H13BrO2. The van der Waals surface area contributed by atoms with Gasteiger partial charge < -0.3 is 4.74 Å². The first kappa shape index (κ1) is 13.6. The Labute approximate surface area is 120 Å². The molecule has 0 saturated carbocycles. The summed E-state index contributed by atoms with van der Waals surface area (Å²) in [7, 11) is 0. The maximum absolute atomic E-state index is 12.0. The molecule has 0 unspecified atom stereocenters. The quantitative estimate of drug-likeness (QED) is 0.476. The predicted molar refractivity (Wildman–Crippen MR) is 80.0 cm³/mol. The van der Waals surface area contributed by atoms with Crippen LogP contribution in [0.25, 0.3) is 4.48 Å². The molecule has 19 heavy (non-hydrogen) atoms. The van der Waals surface area contributed by atoms with Crippen LogP contribution in [0.2, 0.25) is 0 Å². The molecule has 0 aliphatic rings. The van der Waals surface area contributed by atoms with Crippen LogP contribution in [0.1, 0.15) is 12.5 Å². The van der Waals surface area contributed by atoms with Crippen LogP contribution in [0, 0.1) is 0 Å². The molecule has 2 rings (SSSR count). The Hall–Kier alpha value is -1.87. The molecule has 0 heterocycles. The van der Waals surface area contributed by atoms with Crippen LogP contribution in [-0.2, 0) is 4.79 Å². The highest BCUT2D eigenvalue weighted by Crippen LogP contribution is 2.26. The minimum atomic E-state index is -0.359. The first-order chi connectivity index (χ1) is 9.18. The Bertz CT molecular complexity index is 589. The number of ether oxygens (including phenoxy) is 1. The largest absolute Gasteiger partial charge is 0.423 e. The minimum absolute atomic E-state index is 0.359. The zero-order valence-corrected chi connectivity index (χ0v) is 12.1. The molecule has 0 bridgehead atoms. The number of esters is 1. The molecule has 0 aromatic heterocycles. The second-order valence-corrected chi connectivity index (χ2v) is 4.80. The molecule has 0 spiro atoms. The van der Waals surface area contributed by atoms with Gasteiger partial charge in [0.25, 0.3) is 0 Å². The zero-order chi connectivity index (χ0) is 13.7. The van der Waals surface area contributed by atoms with Gasteiger partial charge in [-0.2, -0.15) is 0 Å². The molecule has 96 valence electrons. The molecule has 0 radical (unpaired) electrons. The summed E-state index contributed by atoms with van der Waals surface area (Å²) >= 11 is 3.44. The van der Waals surface area contributed by atoms with Crippen molar-refractivity contribution in [2.45, 2.75) is 6.92 Å². The highest BCUT2D eigenvalue weighted by atomic mass is 79.9. The number of hydrogen-bond donors (Lipinski definition) is 0. The topological polar surface area (TPSA) is 26.3 Å². The number of halogens is 1. The van der Waals surface area contributed by atoms with Crippen molar-refractivity contribution in [2.24, 2.45) is 0 Å². The smallest absolute Gasteiger partial charge is 0.340 e. The van der Waals surface area contributed by atoms with Gasteiger partial charge in [0, 0.05) is 10.1 Å². The minimum Gasteiger partial charge on any atom is -0.423 e. The average molecular weight is 317 g/mol. The highest BCUT2D eigenvalue weighted by Gasteiger charge is 2.12. The lowest BCUT2D eigenvalue weighted by molar-refractivity contribution is -0.130. The van der Waals surface area contributed by atoms with E-state index in [1.165, 1.54) is 0 Å². The van der Waals surface area contributed by atoms with Crippen molar-refractivity contribution in [1.29, 1.82) is 0 Å². The zero-order valence-electron chi connectivity index (χ0n) is 10.5. The summed E-state index contributed by atoms with van der Waals surface area (Å²) in [6.45, 7) is 1.74. The van der Waals surface area contributed by atoms with Gasteiger partial charge in [0.05, 0.1) is 0 Å². The van der Waals surface area contributed by atoms with Crippen molar-refractivity contribution in [2.75, 3.05) is 0 Å². The lowest BCUT2D eigenvalue weighted by Crippen LogP contribution is -2.10. The first-order valence-corrected chi connectivity index (χ1v) is 6.67. The second kappa shape index (κ2) is 6.34. The van der Waals surface area contributed by atoms with Gasteiger partial charge in [-0.1, -0.05) is 48.5 Å². The van der Waals surface area contributed by atoms with Crippen molar-refractivity contribution >= 4 is 26.4 Å². The van der Waals surface area contributed by atoms with E-state index in [0.717, 1.165) is 10.0 Å².